The van der Waals surface area contributed by atoms with Crippen molar-refractivity contribution in [2.45, 2.75) is 101 Å². The molecule has 1 spiro atoms. The van der Waals surface area contributed by atoms with E-state index in [9.17, 15) is 30.0 Å². The minimum atomic E-state index is -1.87. The van der Waals surface area contributed by atoms with Crippen molar-refractivity contribution < 1.29 is 34.8 Å². The summed E-state index contributed by atoms with van der Waals surface area (Å²) in [5.74, 6) is -2.39. The highest BCUT2D eigenvalue weighted by Crippen LogP contribution is 2.77. The molecule has 198 valence electrons. The average Bonchev–Trinajstić information content (AvgIpc) is 3.24. The molecule has 6 aliphatic rings. The topological polar surface area (TPSA) is 124 Å². The van der Waals surface area contributed by atoms with E-state index >= 15 is 0 Å². The summed E-state index contributed by atoms with van der Waals surface area (Å²) in [7, 11) is 0. The second-order valence-corrected chi connectivity index (χ2v) is 13.7. The molecule has 0 aromatic carbocycles. The molecule has 0 aromatic heterocycles. The summed E-state index contributed by atoms with van der Waals surface area (Å²) in [6.45, 7) is 8.76. The molecule has 0 aromatic rings. The average molecular weight is 521 g/mol. The van der Waals surface area contributed by atoms with Crippen LogP contribution in [-0.2, 0) is 14.3 Å². The van der Waals surface area contributed by atoms with Crippen LogP contribution in [0.2, 0.25) is 0 Å². The van der Waals surface area contributed by atoms with E-state index in [2.05, 4.69) is 0 Å². The number of rotatable bonds is 0. The number of aliphatic hydroxyl groups excluding tert-OH is 2. The van der Waals surface area contributed by atoms with Crippen LogP contribution in [0, 0.1) is 34.5 Å². The Kier molecular flexibility index (Phi) is 4.76. The Balaban J connectivity index is 1.64. The quantitative estimate of drug-likeness (QED) is 0.285. The maximum absolute atomic E-state index is 13.6. The van der Waals surface area contributed by atoms with Crippen LogP contribution in [0.3, 0.4) is 0 Å². The fraction of sp³-hybridized carbons (Fsp3) is 0.786. The predicted octanol–water partition coefficient (Wildman–Crippen LogP) is 2.42. The highest BCUT2D eigenvalue weighted by Gasteiger charge is 2.86. The molecular weight excluding hydrogens is 484 g/mol. The number of esters is 1. The zero-order chi connectivity index (χ0) is 26.4. The molecule has 1 aliphatic heterocycles. The van der Waals surface area contributed by atoms with E-state index in [0.717, 1.165) is 0 Å². The first-order chi connectivity index (χ1) is 16.6. The number of hydrogen-bond acceptors (Lipinski definition) is 7. The SMILES string of the molecule is CC1=C(C)[C@]2(OC1=O)[C@H](O)[C@@H](C)[C@]1(O)CC[C@H]3[C@@H]4C[C@@H](O)[C@@]5(Cl)CC=CC(=O)[C@]5(C)[C@H]4C[C@@]2(O)[C@@]31C. The van der Waals surface area contributed by atoms with E-state index in [1.807, 2.05) is 6.92 Å². The largest absolute Gasteiger partial charge is 0.445 e. The van der Waals surface area contributed by atoms with Gasteiger partial charge in [-0.25, -0.2) is 4.79 Å². The maximum atomic E-state index is 13.6. The minimum absolute atomic E-state index is 0.00588. The number of allylic oxidation sites excluding steroid dienone is 2. The van der Waals surface area contributed by atoms with Gasteiger partial charge in [-0.15, -0.1) is 11.6 Å². The Labute approximate surface area is 216 Å². The number of carbonyl (C=O) groups excluding carboxylic acids is 2. The van der Waals surface area contributed by atoms with Crippen molar-refractivity contribution in [1.82, 2.24) is 0 Å². The van der Waals surface area contributed by atoms with E-state index in [4.69, 9.17) is 16.3 Å². The third-order valence-electron chi connectivity index (χ3n) is 12.6. The normalized spacial score (nSPS) is 59.6. The van der Waals surface area contributed by atoms with Gasteiger partial charge in [0.05, 0.1) is 22.0 Å². The van der Waals surface area contributed by atoms with E-state index in [-0.39, 0.29) is 24.0 Å². The summed E-state index contributed by atoms with van der Waals surface area (Å²) >= 11 is 7.15. The molecule has 5 aliphatic carbocycles. The van der Waals surface area contributed by atoms with Gasteiger partial charge >= 0.3 is 5.97 Å². The van der Waals surface area contributed by atoms with Gasteiger partial charge in [-0.05, 0) is 75.4 Å². The molecule has 12 atom stereocenters. The fourth-order valence-corrected chi connectivity index (χ4v) is 10.7. The summed E-state index contributed by atoms with van der Waals surface area (Å²) in [6.07, 6.45) is 2.55. The first-order valence-electron chi connectivity index (χ1n) is 13.2. The zero-order valence-corrected chi connectivity index (χ0v) is 22.3. The van der Waals surface area contributed by atoms with E-state index in [0.29, 0.717) is 36.8 Å². The van der Waals surface area contributed by atoms with Crippen LogP contribution < -0.4 is 0 Å². The van der Waals surface area contributed by atoms with Crippen LogP contribution in [-0.4, -0.2) is 66.1 Å². The van der Waals surface area contributed by atoms with Crippen LogP contribution in [0.1, 0.15) is 66.7 Å². The highest BCUT2D eigenvalue weighted by molar-refractivity contribution is 6.28. The van der Waals surface area contributed by atoms with Crippen molar-refractivity contribution in [1.29, 1.82) is 0 Å². The summed E-state index contributed by atoms with van der Waals surface area (Å²) in [5, 5.41) is 48.5. The molecule has 36 heavy (non-hydrogen) atoms. The minimum Gasteiger partial charge on any atom is -0.445 e. The zero-order valence-electron chi connectivity index (χ0n) is 21.5. The maximum Gasteiger partial charge on any atom is 0.334 e. The number of halogens is 1. The number of ketones is 1. The van der Waals surface area contributed by atoms with Gasteiger partial charge in [-0.3, -0.25) is 4.79 Å². The number of fused-ring (bicyclic) bond motifs is 5. The van der Waals surface area contributed by atoms with E-state index in [1.54, 1.807) is 33.8 Å². The van der Waals surface area contributed by atoms with Crippen LogP contribution in [0.25, 0.3) is 0 Å². The fourth-order valence-electron chi connectivity index (χ4n) is 10.3. The van der Waals surface area contributed by atoms with Crippen molar-refractivity contribution in [2.75, 3.05) is 0 Å². The van der Waals surface area contributed by atoms with E-state index in [1.165, 1.54) is 6.08 Å². The van der Waals surface area contributed by atoms with Gasteiger partial charge in [-0.2, -0.15) is 0 Å². The molecule has 0 saturated heterocycles. The van der Waals surface area contributed by atoms with Crippen molar-refractivity contribution in [3.63, 3.8) is 0 Å². The standard InChI is InChI=1S/C28H37ClO7/c1-13-14(2)28(36-22(13)33)21(32)15(3)26(34)10-8-17-16-11-20(31)25(29)9-6-7-19(30)23(25,4)18(16)12-27(28,35)24(17,26)5/h6-7,15-18,20-21,31-32,34-35H,8-12H2,1-5H3/t15-,16+,17+,18+,20-,21-,23+,24+,25+,26-,27-,28+/m1/s1. The summed E-state index contributed by atoms with van der Waals surface area (Å²) in [6, 6.07) is 0. The van der Waals surface area contributed by atoms with Gasteiger partial charge in [0.15, 0.2) is 11.4 Å². The summed E-state index contributed by atoms with van der Waals surface area (Å²) in [5.41, 5.74) is -6.59. The van der Waals surface area contributed by atoms with Gasteiger partial charge < -0.3 is 25.2 Å². The van der Waals surface area contributed by atoms with Gasteiger partial charge in [0, 0.05) is 16.9 Å². The molecule has 0 unspecified atom stereocenters. The molecule has 4 N–H and O–H groups in total. The Bertz CT molecular complexity index is 1150. The first kappa shape index (κ1) is 25.1. The Hall–Kier alpha value is -1.25. The molecule has 0 radical (unpaired) electrons. The first-order valence-corrected chi connectivity index (χ1v) is 13.6. The van der Waals surface area contributed by atoms with Crippen molar-refractivity contribution in [3.8, 4) is 0 Å². The van der Waals surface area contributed by atoms with Crippen molar-refractivity contribution in [2.24, 2.45) is 34.5 Å². The lowest BCUT2D eigenvalue weighted by Gasteiger charge is -2.73. The van der Waals surface area contributed by atoms with Crippen LogP contribution in [0.5, 0.6) is 0 Å². The number of carbonyl (C=O) groups is 2. The number of alkyl halides is 1. The lowest BCUT2D eigenvalue weighted by molar-refractivity contribution is -0.361. The molecule has 1 heterocycles. The lowest BCUT2D eigenvalue weighted by Crippen LogP contribution is -2.84. The van der Waals surface area contributed by atoms with Crippen LogP contribution in [0.4, 0.5) is 0 Å². The predicted molar refractivity (Wildman–Crippen MR) is 131 cm³/mol. The van der Waals surface area contributed by atoms with Crippen LogP contribution >= 0.6 is 11.6 Å². The Morgan fingerprint density at radius 3 is 2.39 bits per heavy atom. The molecule has 6 rings (SSSR count). The van der Waals surface area contributed by atoms with Gasteiger partial charge in [-0.1, -0.05) is 26.8 Å². The smallest absolute Gasteiger partial charge is 0.334 e. The Morgan fingerprint density at radius 2 is 1.78 bits per heavy atom. The van der Waals surface area contributed by atoms with Gasteiger partial charge in [0.2, 0.25) is 0 Å². The summed E-state index contributed by atoms with van der Waals surface area (Å²) in [4.78, 5) is 25.3. The molecule has 4 saturated carbocycles. The number of aliphatic hydroxyl groups is 4. The van der Waals surface area contributed by atoms with Crippen molar-refractivity contribution in [3.05, 3.63) is 23.3 Å². The molecule has 4 fully saturated rings. The highest BCUT2D eigenvalue weighted by atomic mass is 35.5. The third-order valence-corrected chi connectivity index (χ3v) is 13.4. The third kappa shape index (κ3) is 2.16. The number of ether oxygens (including phenoxy) is 1. The molecule has 7 nitrogen and oxygen atoms in total. The summed E-state index contributed by atoms with van der Waals surface area (Å²) < 4.78 is 6.02. The second-order valence-electron chi connectivity index (χ2n) is 13.0. The van der Waals surface area contributed by atoms with E-state index < -0.39 is 62.5 Å². The number of hydrogen-bond donors (Lipinski definition) is 4. The van der Waals surface area contributed by atoms with Gasteiger partial charge in [0.25, 0.3) is 0 Å². The lowest BCUT2D eigenvalue weighted by atomic mass is 9.35. The molecule has 0 bridgehead atoms. The van der Waals surface area contributed by atoms with Gasteiger partial charge in [0.1, 0.15) is 11.7 Å². The van der Waals surface area contributed by atoms with Crippen molar-refractivity contribution >= 4 is 23.4 Å². The monoisotopic (exact) mass is 520 g/mol. The Morgan fingerprint density at radius 1 is 1.11 bits per heavy atom. The van der Waals surface area contributed by atoms with Crippen LogP contribution in [0.15, 0.2) is 23.3 Å². The second kappa shape index (κ2) is 6.84. The molecule has 8 heteroatoms. The molecular formula is C28H37ClO7. The molecule has 0 amide bonds.